The molecule has 1 unspecified atom stereocenters. The SMILES string of the molecule is CCC(C)(O)CNC(=O)Cc1ccc(F)cc1. The Hall–Kier alpha value is -1.42. The van der Waals surface area contributed by atoms with Crippen LogP contribution in [-0.4, -0.2) is 23.2 Å². The van der Waals surface area contributed by atoms with E-state index in [0.29, 0.717) is 6.42 Å². The highest BCUT2D eigenvalue weighted by Gasteiger charge is 2.18. The number of halogens is 1. The van der Waals surface area contributed by atoms with Crippen LogP contribution in [0.3, 0.4) is 0 Å². The van der Waals surface area contributed by atoms with Gasteiger partial charge in [-0.2, -0.15) is 0 Å². The molecule has 0 spiro atoms. The van der Waals surface area contributed by atoms with Gasteiger partial charge in [0.25, 0.3) is 0 Å². The summed E-state index contributed by atoms with van der Waals surface area (Å²) in [6.45, 7) is 3.75. The first-order chi connectivity index (χ1) is 7.93. The van der Waals surface area contributed by atoms with Gasteiger partial charge in [0.2, 0.25) is 5.91 Å². The minimum atomic E-state index is -0.877. The number of nitrogens with one attached hydrogen (secondary N) is 1. The highest BCUT2D eigenvalue weighted by atomic mass is 19.1. The van der Waals surface area contributed by atoms with E-state index in [0.717, 1.165) is 5.56 Å². The van der Waals surface area contributed by atoms with Gasteiger partial charge in [0.05, 0.1) is 12.0 Å². The van der Waals surface area contributed by atoms with Crippen LogP contribution in [0.4, 0.5) is 4.39 Å². The van der Waals surface area contributed by atoms with Gasteiger partial charge in [0.15, 0.2) is 0 Å². The molecule has 0 bridgehead atoms. The van der Waals surface area contributed by atoms with Crippen LogP contribution < -0.4 is 5.32 Å². The molecule has 0 aliphatic heterocycles. The van der Waals surface area contributed by atoms with Gasteiger partial charge in [-0.05, 0) is 31.0 Å². The number of aliphatic hydroxyl groups is 1. The molecule has 94 valence electrons. The Balaban J connectivity index is 2.42. The third-order valence-electron chi connectivity index (χ3n) is 2.71. The van der Waals surface area contributed by atoms with Crippen molar-refractivity contribution in [2.75, 3.05) is 6.54 Å². The van der Waals surface area contributed by atoms with Crippen LogP contribution in [0, 0.1) is 5.82 Å². The molecule has 0 aliphatic rings. The number of carbonyl (C=O) groups is 1. The van der Waals surface area contributed by atoms with Crippen molar-refractivity contribution in [3.8, 4) is 0 Å². The fraction of sp³-hybridized carbons (Fsp3) is 0.462. The van der Waals surface area contributed by atoms with Crippen molar-refractivity contribution in [1.82, 2.24) is 5.32 Å². The number of benzene rings is 1. The number of hydrogen-bond donors (Lipinski definition) is 2. The van der Waals surface area contributed by atoms with Crippen LogP contribution in [0.1, 0.15) is 25.8 Å². The van der Waals surface area contributed by atoms with Gasteiger partial charge < -0.3 is 10.4 Å². The second kappa shape index (κ2) is 5.77. The van der Waals surface area contributed by atoms with Crippen molar-refractivity contribution >= 4 is 5.91 Å². The van der Waals surface area contributed by atoms with E-state index >= 15 is 0 Å². The molecule has 3 nitrogen and oxygen atoms in total. The van der Waals surface area contributed by atoms with E-state index in [1.807, 2.05) is 6.92 Å². The van der Waals surface area contributed by atoms with Crippen molar-refractivity contribution in [2.45, 2.75) is 32.3 Å². The summed E-state index contributed by atoms with van der Waals surface area (Å²) in [7, 11) is 0. The molecule has 1 rings (SSSR count). The number of hydrogen-bond acceptors (Lipinski definition) is 2. The van der Waals surface area contributed by atoms with Gasteiger partial charge in [-0.1, -0.05) is 19.1 Å². The molecule has 1 atom stereocenters. The molecule has 1 amide bonds. The van der Waals surface area contributed by atoms with Crippen molar-refractivity contribution < 1.29 is 14.3 Å². The highest BCUT2D eigenvalue weighted by Crippen LogP contribution is 2.07. The summed E-state index contributed by atoms with van der Waals surface area (Å²) in [6, 6.07) is 5.80. The maximum absolute atomic E-state index is 12.6. The zero-order valence-corrected chi connectivity index (χ0v) is 10.2. The average Bonchev–Trinajstić information content (AvgIpc) is 2.30. The van der Waals surface area contributed by atoms with Gasteiger partial charge in [-0.3, -0.25) is 4.79 Å². The molecule has 0 heterocycles. The van der Waals surface area contributed by atoms with Crippen LogP contribution in [0.25, 0.3) is 0 Å². The van der Waals surface area contributed by atoms with E-state index < -0.39 is 5.60 Å². The van der Waals surface area contributed by atoms with E-state index in [4.69, 9.17) is 0 Å². The molecule has 0 aromatic heterocycles. The smallest absolute Gasteiger partial charge is 0.224 e. The van der Waals surface area contributed by atoms with E-state index in [2.05, 4.69) is 5.32 Å². The lowest BCUT2D eigenvalue weighted by atomic mass is 10.0. The Kier molecular flexibility index (Phi) is 4.63. The van der Waals surface area contributed by atoms with Crippen molar-refractivity contribution in [3.63, 3.8) is 0 Å². The maximum Gasteiger partial charge on any atom is 0.224 e. The molecule has 2 N–H and O–H groups in total. The van der Waals surface area contributed by atoms with Crippen LogP contribution in [0.15, 0.2) is 24.3 Å². The lowest BCUT2D eigenvalue weighted by molar-refractivity contribution is -0.121. The summed E-state index contributed by atoms with van der Waals surface area (Å²) >= 11 is 0. The first kappa shape index (κ1) is 13.6. The summed E-state index contributed by atoms with van der Waals surface area (Å²) in [5.74, 6) is -0.492. The van der Waals surface area contributed by atoms with Gasteiger partial charge in [-0.15, -0.1) is 0 Å². The van der Waals surface area contributed by atoms with Gasteiger partial charge >= 0.3 is 0 Å². The first-order valence-electron chi connectivity index (χ1n) is 5.66. The number of rotatable bonds is 5. The van der Waals surface area contributed by atoms with E-state index in [9.17, 15) is 14.3 Å². The predicted molar refractivity (Wildman–Crippen MR) is 64.0 cm³/mol. The zero-order chi connectivity index (χ0) is 12.9. The summed E-state index contributed by atoms with van der Waals surface area (Å²) < 4.78 is 12.6. The minimum absolute atomic E-state index is 0.176. The highest BCUT2D eigenvalue weighted by molar-refractivity contribution is 5.78. The van der Waals surface area contributed by atoms with Crippen molar-refractivity contribution in [2.24, 2.45) is 0 Å². The molecule has 0 fully saturated rings. The third-order valence-corrected chi connectivity index (χ3v) is 2.71. The molecule has 17 heavy (non-hydrogen) atoms. The Labute approximate surface area is 101 Å². The van der Waals surface area contributed by atoms with E-state index in [1.54, 1.807) is 19.1 Å². The van der Waals surface area contributed by atoms with Crippen LogP contribution in [-0.2, 0) is 11.2 Å². The van der Waals surface area contributed by atoms with E-state index in [1.165, 1.54) is 12.1 Å². The quantitative estimate of drug-likeness (QED) is 0.820. The Bertz CT molecular complexity index is 374. The minimum Gasteiger partial charge on any atom is -0.388 e. The maximum atomic E-state index is 12.6. The molecule has 0 saturated heterocycles. The topological polar surface area (TPSA) is 49.3 Å². The number of amides is 1. The van der Waals surface area contributed by atoms with Gasteiger partial charge in [0.1, 0.15) is 5.82 Å². The molecule has 0 aliphatic carbocycles. The molecule has 4 heteroatoms. The Morgan fingerprint density at radius 2 is 2.00 bits per heavy atom. The van der Waals surface area contributed by atoms with Gasteiger partial charge in [0, 0.05) is 6.54 Å². The zero-order valence-electron chi connectivity index (χ0n) is 10.2. The Morgan fingerprint density at radius 3 is 2.53 bits per heavy atom. The second-order valence-electron chi connectivity index (χ2n) is 4.43. The lowest BCUT2D eigenvalue weighted by Gasteiger charge is -2.21. The normalized spacial score (nSPS) is 14.1. The monoisotopic (exact) mass is 239 g/mol. The molecule has 1 aromatic rings. The third kappa shape index (κ3) is 4.95. The predicted octanol–water partition coefficient (Wildman–Crippen LogP) is 1.65. The second-order valence-corrected chi connectivity index (χ2v) is 4.43. The lowest BCUT2D eigenvalue weighted by Crippen LogP contribution is -2.40. The summed E-state index contributed by atoms with van der Waals surface area (Å²) in [6.07, 6.45) is 0.768. The first-order valence-corrected chi connectivity index (χ1v) is 5.66. The van der Waals surface area contributed by atoms with Crippen LogP contribution in [0.2, 0.25) is 0 Å². The van der Waals surface area contributed by atoms with Crippen LogP contribution >= 0.6 is 0 Å². The van der Waals surface area contributed by atoms with E-state index in [-0.39, 0.29) is 24.7 Å². The summed E-state index contributed by atoms with van der Waals surface area (Å²) in [5, 5.41) is 12.4. The molecule has 1 aromatic carbocycles. The molecular formula is C13H18FNO2. The molecule has 0 radical (unpaired) electrons. The van der Waals surface area contributed by atoms with Gasteiger partial charge in [-0.25, -0.2) is 4.39 Å². The van der Waals surface area contributed by atoms with Crippen molar-refractivity contribution in [1.29, 1.82) is 0 Å². The fourth-order valence-corrected chi connectivity index (χ4v) is 1.26. The standard InChI is InChI=1S/C13H18FNO2/c1-3-13(2,17)9-15-12(16)8-10-4-6-11(14)7-5-10/h4-7,17H,3,8-9H2,1-2H3,(H,15,16). The van der Waals surface area contributed by atoms with Crippen LogP contribution in [0.5, 0.6) is 0 Å². The number of carbonyl (C=O) groups excluding carboxylic acids is 1. The average molecular weight is 239 g/mol. The van der Waals surface area contributed by atoms with Crippen molar-refractivity contribution in [3.05, 3.63) is 35.6 Å². The molecule has 0 saturated carbocycles. The fourth-order valence-electron chi connectivity index (χ4n) is 1.26. The largest absolute Gasteiger partial charge is 0.388 e. The summed E-state index contributed by atoms with van der Waals surface area (Å²) in [5.41, 5.74) is -0.126. The molecular weight excluding hydrogens is 221 g/mol. The Morgan fingerprint density at radius 1 is 1.41 bits per heavy atom. The summed E-state index contributed by atoms with van der Waals surface area (Å²) in [4.78, 5) is 11.5.